The number of nitrogens with one attached hydrogen (secondary N) is 2. The summed E-state index contributed by atoms with van der Waals surface area (Å²) in [7, 11) is -1.80. The number of amides is 3. The summed E-state index contributed by atoms with van der Waals surface area (Å²) in [5.41, 5.74) is -1.92. The molecule has 1 spiro atoms. The summed E-state index contributed by atoms with van der Waals surface area (Å²) < 4.78 is 79.3. The van der Waals surface area contributed by atoms with Crippen molar-refractivity contribution >= 4 is 39.1 Å². The highest BCUT2D eigenvalue weighted by Gasteiger charge is 2.53. The van der Waals surface area contributed by atoms with Crippen LogP contribution in [0.4, 0.5) is 28.9 Å². The van der Waals surface area contributed by atoms with E-state index in [2.05, 4.69) is 10.0 Å². The third kappa shape index (κ3) is 6.71. The molecule has 2 aliphatic heterocycles. The zero-order valence-electron chi connectivity index (χ0n) is 24.0. The summed E-state index contributed by atoms with van der Waals surface area (Å²) in [5, 5.41) is 2.41. The number of piperidine rings is 1. The molecule has 0 radical (unpaired) electrons. The molecule has 2 heterocycles. The van der Waals surface area contributed by atoms with E-state index in [4.69, 9.17) is 0 Å². The molecule has 234 valence electrons. The molecule has 10 nitrogen and oxygen atoms in total. The fraction of sp³-hybridized carbons (Fsp3) is 0.464. The van der Waals surface area contributed by atoms with Gasteiger partial charge in [-0.05, 0) is 61.2 Å². The van der Waals surface area contributed by atoms with Gasteiger partial charge in [-0.1, -0.05) is 13.8 Å². The van der Waals surface area contributed by atoms with Crippen molar-refractivity contribution in [3.63, 3.8) is 0 Å². The standard InChI is InChI=1S/C28H33F4N5O5S/c1-17(2)23(33-24(38)21-15-18(28(30,31)32)5-10-22(21)29)25(39)36-13-11-27(12-14-36)26(40)35(3)16-37(27)20-8-6-19(7-9-20)34-43(4,41)42/h5-10,15,17,23,34H,11-14,16H2,1-4H3,(H,33,38). The van der Waals surface area contributed by atoms with Crippen LogP contribution in [-0.2, 0) is 25.8 Å². The Kier molecular flexibility index (Phi) is 8.69. The number of nitrogens with zero attached hydrogens (tertiary/aromatic N) is 3. The second-order valence-electron chi connectivity index (χ2n) is 11.2. The SMILES string of the molecule is CC(C)C(NC(=O)c1cc(C(F)(F)F)ccc1F)C(=O)N1CCC2(CC1)C(=O)N(C)CN2c1ccc(NS(C)(=O)=O)cc1. The van der Waals surface area contributed by atoms with E-state index in [0.717, 1.165) is 6.26 Å². The molecule has 2 aromatic carbocycles. The van der Waals surface area contributed by atoms with E-state index in [9.17, 15) is 40.4 Å². The normalized spacial score (nSPS) is 17.9. The maximum atomic E-state index is 14.3. The number of hydrogen-bond donors (Lipinski definition) is 2. The lowest BCUT2D eigenvalue weighted by Gasteiger charge is -2.44. The lowest BCUT2D eigenvalue weighted by Crippen LogP contribution is -2.60. The van der Waals surface area contributed by atoms with Crippen LogP contribution in [0.5, 0.6) is 0 Å². The number of benzene rings is 2. The Morgan fingerprint density at radius 1 is 1.02 bits per heavy atom. The monoisotopic (exact) mass is 627 g/mol. The molecule has 4 rings (SSSR count). The quantitative estimate of drug-likeness (QED) is 0.455. The van der Waals surface area contributed by atoms with Gasteiger partial charge < -0.3 is 20.0 Å². The van der Waals surface area contributed by atoms with Gasteiger partial charge in [0.1, 0.15) is 17.4 Å². The highest BCUT2D eigenvalue weighted by atomic mass is 32.2. The van der Waals surface area contributed by atoms with Crippen LogP contribution in [0.2, 0.25) is 0 Å². The van der Waals surface area contributed by atoms with Crippen LogP contribution < -0.4 is 14.9 Å². The number of rotatable bonds is 7. The molecule has 0 saturated carbocycles. The lowest BCUT2D eigenvalue weighted by atomic mass is 9.85. The van der Waals surface area contributed by atoms with Crippen molar-refractivity contribution in [3.8, 4) is 0 Å². The van der Waals surface area contributed by atoms with Gasteiger partial charge in [-0.25, -0.2) is 12.8 Å². The summed E-state index contributed by atoms with van der Waals surface area (Å²) in [6.45, 7) is 3.88. The van der Waals surface area contributed by atoms with Gasteiger partial charge in [-0.3, -0.25) is 19.1 Å². The molecular formula is C28H33F4N5O5S. The third-order valence-electron chi connectivity index (χ3n) is 7.76. The second-order valence-corrected chi connectivity index (χ2v) is 13.0. The molecule has 1 unspecified atom stereocenters. The Bertz CT molecular complexity index is 1510. The van der Waals surface area contributed by atoms with Crippen molar-refractivity contribution in [3.05, 3.63) is 59.4 Å². The number of likely N-dealkylation sites (tertiary alicyclic amines) is 1. The van der Waals surface area contributed by atoms with E-state index in [1.807, 2.05) is 4.90 Å². The van der Waals surface area contributed by atoms with Crippen LogP contribution in [0.3, 0.4) is 0 Å². The molecule has 2 saturated heterocycles. The van der Waals surface area contributed by atoms with Gasteiger partial charge in [0, 0.05) is 31.5 Å². The van der Waals surface area contributed by atoms with Crippen LogP contribution in [0.1, 0.15) is 42.6 Å². The number of likely N-dealkylation sites (N-methyl/N-ethyl adjacent to an activating group) is 1. The lowest BCUT2D eigenvalue weighted by molar-refractivity contribution is -0.139. The van der Waals surface area contributed by atoms with Crippen molar-refractivity contribution < 1.29 is 40.4 Å². The summed E-state index contributed by atoms with van der Waals surface area (Å²) in [6, 6.07) is 6.95. The second kappa shape index (κ2) is 11.7. The number of carbonyl (C=O) groups excluding carboxylic acids is 3. The van der Waals surface area contributed by atoms with Crippen LogP contribution in [0.15, 0.2) is 42.5 Å². The Hall–Kier alpha value is -3.88. The molecule has 1 atom stereocenters. The fourth-order valence-electron chi connectivity index (χ4n) is 5.52. The first-order chi connectivity index (χ1) is 19.9. The van der Waals surface area contributed by atoms with Gasteiger partial charge in [-0.15, -0.1) is 0 Å². The Labute approximate surface area is 247 Å². The van der Waals surface area contributed by atoms with Gasteiger partial charge >= 0.3 is 6.18 Å². The molecule has 2 aliphatic rings. The highest BCUT2D eigenvalue weighted by molar-refractivity contribution is 7.92. The number of anilines is 2. The van der Waals surface area contributed by atoms with Crippen molar-refractivity contribution in [2.45, 2.75) is 44.4 Å². The highest BCUT2D eigenvalue weighted by Crippen LogP contribution is 2.39. The molecule has 2 fully saturated rings. The third-order valence-corrected chi connectivity index (χ3v) is 8.36. The van der Waals surface area contributed by atoms with Crippen LogP contribution in [0, 0.1) is 11.7 Å². The van der Waals surface area contributed by atoms with Gasteiger partial charge in [0.15, 0.2) is 0 Å². The zero-order chi connectivity index (χ0) is 31.9. The Morgan fingerprint density at radius 3 is 2.16 bits per heavy atom. The van der Waals surface area contributed by atoms with Gasteiger partial charge in [-0.2, -0.15) is 13.2 Å². The largest absolute Gasteiger partial charge is 0.416 e. The fourth-order valence-corrected chi connectivity index (χ4v) is 6.08. The molecule has 2 aromatic rings. The summed E-state index contributed by atoms with van der Waals surface area (Å²) in [6.07, 6.45) is -3.23. The predicted molar refractivity (Wildman–Crippen MR) is 151 cm³/mol. The van der Waals surface area contributed by atoms with E-state index >= 15 is 0 Å². The van der Waals surface area contributed by atoms with E-state index < -0.39 is 62.5 Å². The minimum Gasteiger partial charge on any atom is -0.341 e. The summed E-state index contributed by atoms with van der Waals surface area (Å²) in [4.78, 5) is 44.8. The number of alkyl halides is 3. The van der Waals surface area contributed by atoms with Gasteiger partial charge in [0.05, 0.1) is 24.1 Å². The van der Waals surface area contributed by atoms with Crippen LogP contribution >= 0.6 is 0 Å². The number of carbonyl (C=O) groups is 3. The molecule has 0 aliphatic carbocycles. The van der Waals surface area contributed by atoms with Gasteiger partial charge in [0.25, 0.3) is 5.91 Å². The van der Waals surface area contributed by atoms with Crippen molar-refractivity contribution in [1.82, 2.24) is 15.1 Å². The van der Waals surface area contributed by atoms with Crippen LogP contribution in [-0.4, -0.2) is 80.6 Å². The summed E-state index contributed by atoms with van der Waals surface area (Å²) in [5.74, 6) is -3.39. The van der Waals surface area contributed by atoms with Crippen molar-refractivity contribution in [2.75, 3.05) is 42.7 Å². The summed E-state index contributed by atoms with van der Waals surface area (Å²) >= 11 is 0. The zero-order valence-corrected chi connectivity index (χ0v) is 24.9. The molecule has 2 N–H and O–H groups in total. The number of halogens is 4. The Morgan fingerprint density at radius 2 is 1.63 bits per heavy atom. The maximum Gasteiger partial charge on any atom is 0.416 e. The minimum atomic E-state index is -4.78. The van der Waals surface area contributed by atoms with Gasteiger partial charge in [0.2, 0.25) is 21.8 Å². The average molecular weight is 628 g/mol. The molecule has 15 heteroatoms. The predicted octanol–water partition coefficient (Wildman–Crippen LogP) is 3.27. The van der Waals surface area contributed by atoms with E-state index in [1.165, 1.54) is 4.90 Å². The molecule has 43 heavy (non-hydrogen) atoms. The number of hydrogen-bond acceptors (Lipinski definition) is 6. The van der Waals surface area contributed by atoms with E-state index in [-0.39, 0.29) is 38.5 Å². The Balaban J connectivity index is 1.50. The van der Waals surface area contributed by atoms with Crippen molar-refractivity contribution in [2.24, 2.45) is 5.92 Å². The van der Waals surface area contributed by atoms with E-state index in [1.54, 1.807) is 50.1 Å². The first-order valence-corrected chi connectivity index (χ1v) is 15.4. The van der Waals surface area contributed by atoms with Crippen LogP contribution in [0.25, 0.3) is 0 Å². The molecular weight excluding hydrogens is 594 g/mol. The number of sulfonamides is 1. The first kappa shape index (κ1) is 32.0. The molecule has 3 amide bonds. The topological polar surface area (TPSA) is 119 Å². The molecule has 0 aromatic heterocycles. The smallest absolute Gasteiger partial charge is 0.341 e. The maximum absolute atomic E-state index is 14.3. The van der Waals surface area contributed by atoms with E-state index in [0.29, 0.717) is 29.6 Å². The average Bonchev–Trinajstić information content (AvgIpc) is 3.15. The minimum absolute atomic E-state index is 0.133. The molecule has 0 bridgehead atoms. The first-order valence-electron chi connectivity index (χ1n) is 13.5. The van der Waals surface area contributed by atoms with Crippen molar-refractivity contribution in [1.29, 1.82) is 0 Å².